The summed E-state index contributed by atoms with van der Waals surface area (Å²) >= 11 is 0. The van der Waals surface area contributed by atoms with E-state index in [-0.39, 0.29) is 0 Å². The number of nitrogens with one attached hydrogen (secondary N) is 2. The number of hydrogen-bond donors (Lipinski definition) is 2. The molecule has 0 aliphatic rings. The number of fused-ring (bicyclic) bond motifs is 1. The summed E-state index contributed by atoms with van der Waals surface area (Å²) in [6, 6.07) is 6.04. The Kier molecular flexibility index (Phi) is 3.03. The molecule has 4 heteroatoms. The predicted molar refractivity (Wildman–Crippen MR) is 72.9 cm³/mol. The Morgan fingerprint density at radius 1 is 1.33 bits per heavy atom. The van der Waals surface area contributed by atoms with Gasteiger partial charge in [-0.1, -0.05) is 11.6 Å². The molecule has 0 spiro atoms. The number of hydrogen-bond acceptors (Lipinski definition) is 2. The maximum atomic E-state index is 11.7. The van der Waals surface area contributed by atoms with Gasteiger partial charge in [-0.25, -0.2) is 4.79 Å². The second-order valence-corrected chi connectivity index (χ2v) is 5.38. The Morgan fingerprint density at radius 3 is 2.72 bits per heavy atom. The van der Waals surface area contributed by atoms with Crippen LogP contribution in [0.3, 0.4) is 0 Å². The van der Waals surface area contributed by atoms with Gasteiger partial charge in [0.1, 0.15) is 5.60 Å². The summed E-state index contributed by atoms with van der Waals surface area (Å²) < 4.78 is 5.23. The highest BCUT2D eigenvalue weighted by molar-refractivity contribution is 5.99. The minimum absolute atomic E-state index is 0.440. The van der Waals surface area contributed by atoms with Crippen LogP contribution in [0.4, 0.5) is 10.5 Å². The molecule has 0 radical (unpaired) electrons. The second-order valence-electron chi connectivity index (χ2n) is 5.38. The first-order valence-corrected chi connectivity index (χ1v) is 5.93. The molecule has 0 aliphatic carbocycles. The van der Waals surface area contributed by atoms with Crippen molar-refractivity contribution in [3.8, 4) is 0 Å². The zero-order valence-electron chi connectivity index (χ0n) is 11.1. The Balaban J connectivity index is 2.22. The maximum Gasteiger partial charge on any atom is 0.412 e. The van der Waals surface area contributed by atoms with Gasteiger partial charge in [-0.2, -0.15) is 0 Å². The van der Waals surface area contributed by atoms with Crippen LogP contribution in [-0.2, 0) is 4.74 Å². The average molecular weight is 246 g/mol. The van der Waals surface area contributed by atoms with E-state index in [1.165, 1.54) is 0 Å². The van der Waals surface area contributed by atoms with Crippen LogP contribution in [0.15, 0.2) is 24.4 Å². The SMILES string of the molecule is Cc1ccc2[nH]cc(NC(=O)OC(C)(C)C)c2c1. The lowest BCUT2D eigenvalue weighted by Crippen LogP contribution is -2.27. The highest BCUT2D eigenvalue weighted by atomic mass is 16.6. The molecule has 18 heavy (non-hydrogen) atoms. The molecule has 1 amide bonds. The van der Waals surface area contributed by atoms with Crippen LogP contribution in [0.1, 0.15) is 26.3 Å². The number of aromatic amines is 1. The third kappa shape index (κ3) is 2.83. The molecule has 1 aromatic heterocycles. The van der Waals surface area contributed by atoms with Crippen molar-refractivity contribution in [1.29, 1.82) is 0 Å². The van der Waals surface area contributed by atoms with Gasteiger partial charge in [-0.05, 0) is 39.8 Å². The van der Waals surface area contributed by atoms with Crippen molar-refractivity contribution in [3.63, 3.8) is 0 Å². The van der Waals surface area contributed by atoms with Crippen molar-refractivity contribution in [2.75, 3.05) is 5.32 Å². The molecule has 0 saturated heterocycles. The Hall–Kier alpha value is -1.97. The number of anilines is 1. The topological polar surface area (TPSA) is 54.1 Å². The fourth-order valence-corrected chi connectivity index (χ4v) is 1.75. The molecule has 0 atom stereocenters. The summed E-state index contributed by atoms with van der Waals surface area (Å²) in [4.78, 5) is 14.8. The van der Waals surface area contributed by atoms with Crippen LogP contribution in [0.25, 0.3) is 10.9 Å². The molecule has 1 aromatic carbocycles. The quantitative estimate of drug-likeness (QED) is 0.803. The standard InChI is InChI=1S/C14H18N2O2/c1-9-5-6-11-10(7-9)12(8-15-11)16-13(17)18-14(2,3)4/h5-8,15H,1-4H3,(H,16,17). The van der Waals surface area contributed by atoms with Crippen molar-refractivity contribution in [2.24, 2.45) is 0 Å². The Bertz CT molecular complexity index is 579. The fourth-order valence-electron chi connectivity index (χ4n) is 1.75. The number of rotatable bonds is 1. The number of benzene rings is 1. The van der Waals surface area contributed by atoms with Gasteiger partial charge in [-0.15, -0.1) is 0 Å². The van der Waals surface area contributed by atoms with Crippen molar-refractivity contribution < 1.29 is 9.53 Å². The zero-order chi connectivity index (χ0) is 13.3. The van der Waals surface area contributed by atoms with E-state index in [0.29, 0.717) is 0 Å². The van der Waals surface area contributed by atoms with Gasteiger partial charge in [0.2, 0.25) is 0 Å². The minimum Gasteiger partial charge on any atom is -0.444 e. The summed E-state index contributed by atoms with van der Waals surface area (Å²) in [6.45, 7) is 7.54. The maximum absolute atomic E-state index is 11.7. The summed E-state index contributed by atoms with van der Waals surface area (Å²) in [5.41, 5.74) is 2.38. The average Bonchev–Trinajstić information content (AvgIpc) is 2.58. The third-order valence-corrected chi connectivity index (χ3v) is 2.47. The van der Waals surface area contributed by atoms with E-state index in [2.05, 4.69) is 10.3 Å². The molecule has 1 heterocycles. The predicted octanol–water partition coefficient (Wildman–Crippen LogP) is 3.82. The molecule has 2 rings (SSSR count). The molecule has 2 aromatic rings. The van der Waals surface area contributed by atoms with Crippen molar-refractivity contribution in [2.45, 2.75) is 33.3 Å². The molecule has 4 nitrogen and oxygen atoms in total. The number of carbonyl (C=O) groups excluding carboxylic acids is 1. The lowest BCUT2D eigenvalue weighted by molar-refractivity contribution is 0.0636. The smallest absolute Gasteiger partial charge is 0.412 e. The number of carbonyl (C=O) groups is 1. The lowest BCUT2D eigenvalue weighted by Gasteiger charge is -2.19. The number of ether oxygens (including phenoxy) is 1. The van der Waals surface area contributed by atoms with Crippen LogP contribution in [0, 0.1) is 6.92 Å². The number of amides is 1. The molecule has 2 N–H and O–H groups in total. The van der Waals surface area contributed by atoms with Crippen LogP contribution < -0.4 is 5.32 Å². The largest absolute Gasteiger partial charge is 0.444 e. The summed E-state index contributed by atoms with van der Waals surface area (Å²) in [5.74, 6) is 0. The molecule has 96 valence electrons. The van der Waals surface area contributed by atoms with Crippen molar-refractivity contribution in [3.05, 3.63) is 30.0 Å². The van der Waals surface area contributed by atoms with Gasteiger partial charge in [0, 0.05) is 17.1 Å². The number of aromatic nitrogens is 1. The van der Waals surface area contributed by atoms with E-state index in [1.54, 1.807) is 6.20 Å². The highest BCUT2D eigenvalue weighted by Crippen LogP contribution is 2.24. The number of aryl methyl sites for hydroxylation is 1. The van der Waals surface area contributed by atoms with Gasteiger partial charge in [0.05, 0.1) is 5.69 Å². The molecule has 0 unspecified atom stereocenters. The first-order chi connectivity index (χ1) is 8.35. The Labute approximate surface area is 106 Å². The van der Waals surface area contributed by atoms with E-state index in [0.717, 1.165) is 22.2 Å². The monoisotopic (exact) mass is 246 g/mol. The second kappa shape index (κ2) is 4.37. The van der Waals surface area contributed by atoms with E-state index in [9.17, 15) is 4.79 Å². The first-order valence-electron chi connectivity index (χ1n) is 5.93. The zero-order valence-corrected chi connectivity index (χ0v) is 11.1. The first kappa shape index (κ1) is 12.5. The highest BCUT2D eigenvalue weighted by Gasteiger charge is 2.17. The Morgan fingerprint density at radius 2 is 2.06 bits per heavy atom. The fraction of sp³-hybridized carbons (Fsp3) is 0.357. The van der Waals surface area contributed by atoms with Crippen LogP contribution in [-0.4, -0.2) is 16.7 Å². The number of H-pyrrole nitrogens is 1. The van der Waals surface area contributed by atoms with Gasteiger partial charge in [-0.3, -0.25) is 5.32 Å². The molecule has 0 saturated carbocycles. The normalized spacial score (nSPS) is 11.6. The minimum atomic E-state index is -0.494. The molecular weight excluding hydrogens is 228 g/mol. The molecule has 0 fully saturated rings. The van der Waals surface area contributed by atoms with Gasteiger partial charge in [0.25, 0.3) is 0 Å². The van der Waals surface area contributed by atoms with E-state index in [1.807, 2.05) is 45.9 Å². The van der Waals surface area contributed by atoms with Crippen LogP contribution >= 0.6 is 0 Å². The molecule has 0 bridgehead atoms. The lowest BCUT2D eigenvalue weighted by atomic mass is 10.1. The van der Waals surface area contributed by atoms with Gasteiger partial charge in [0.15, 0.2) is 0 Å². The summed E-state index contributed by atoms with van der Waals surface area (Å²) in [7, 11) is 0. The van der Waals surface area contributed by atoms with Crippen molar-refractivity contribution >= 4 is 22.7 Å². The third-order valence-electron chi connectivity index (χ3n) is 2.47. The van der Waals surface area contributed by atoms with Gasteiger partial charge >= 0.3 is 6.09 Å². The molecular formula is C14H18N2O2. The summed E-state index contributed by atoms with van der Waals surface area (Å²) in [5, 5.41) is 3.74. The van der Waals surface area contributed by atoms with Gasteiger partial charge < -0.3 is 9.72 Å². The summed E-state index contributed by atoms with van der Waals surface area (Å²) in [6.07, 6.45) is 1.33. The van der Waals surface area contributed by atoms with E-state index in [4.69, 9.17) is 4.74 Å². The molecule has 0 aliphatic heterocycles. The van der Waals surface area contributed by atoms with Crippen LogP contribution in [0.5, 0.6) is 0 Å². The van der Waals surface area contributed by atoms with Crippen molar-refractivity contribution in [1.82, 2.24) is 4.98 Å². The van der Waals surface area contributed by atoms with E-state index < -0.39 is 11.7 Å². The van der Waals surface area contributed by atoms with Crippen LogP contribution in [0.2, 0.25) is 0 Å². The van der Waals surface area contributed by atoms with E-state index >= 15 is 0 Å².